The van der Waals surface area contributed by atoms with Gasteiger partial charge in [0.2, 0.25) is 5.91 Å². The zero-order chi connectivity index (χ0) is 19.7. The Kier molecular flexibility index (Phi) is 4.94. The molecule has 1 fully saturated rings. The summed E-state index contributed by atoms with van der Waals surface area (Å²) in [4.78, 5) is 28.8. The van der Waals surface area contributed by atoms with E-state index in [1.165, 1.54) is 0 Å². The van der Waals surface area contributed by atoms with E-state index >= 15 is 0 Å². The molecule has 5 nitrogen and oxygen atoms in total. The molecule has 1 unspecified atom stereocenters. The third kappa shape index (κ3) is 3.20. The van der Waals surface area contributed by atoms with Gasteiger partial charge in [0.25, 0.3) is 0 Å². The standard InChI is InChI=1S/C23H26N2O3/c1-24-20-10-6-5-9-19(20)23(22(24)28)11-13-25(14-12-23)16-18(21(26)27)15-17-7-3-2-4-8-17/h2-10,18H,11-16H2,1H3,(H,26,27). The molecular weight excluding hydrogens is 352 g/mol. The predicted octanol–water partition coefficient (Wildman–Crippen LogP) is 2.94. The molecule has 2 aliphatic heterocycles. The predicted molar refractivity (Wildman–Crippen MR) is 108 cm³/mol. The van der Waals surface area contributed by atoms with Gasteiger partial charge in [-0.15, -0.1) is 0 Å². The number of anilines is 1. The van der Waals surface area contributed by atoms with Gasteiger partial charge in [-0.1, -0.05) is 48.5 Å². The Morgan fingerprint density at radius 1 is 1.07 bits per heavy atom. The molecule has 28 heavy (non-hydrogen) atoms. The summed E-state index contributed by atoms with van der Waals surface area (Å²) in [7, 11) is 1.85. The highest BCUT2D eigenvalue weighted by molar-refractivity contribution is 6.07. The summed E-state index contributed by atoms with van der Waals surface area (Å²) >= 11 is 0. The molecule has 0 bridgehead atoms. The lowest BCUT2D eigenvalue weighted by Crippen LogP contribution is -2.49. The van der Waals surface area contributed by atoms with E-state index in [0.717, 1.165) is 42.7 Å². The van der Waals surface area contributed by atoms with Crippen LogP contribution in [0.25, 0.3) is 0 Å². The first-order valence-corrected chi connectivity index (χ1v) is 9.88. The van der Waals surface area contributed by atoms with Gasteiger partial charge in [0.1, 0.15) is 0 Å². The summed E-state index contributed by atoms with van der Waals surface area (Å²) < 4.78 is 0. The highest BCUT2D eigenvalue weighted by Crippen LogP contribution is 2.47. The van der Waals surface area contributed by atoms with E-state index in [0.29, 0.717) is 13.0 Å². The van der Waals surface area contributed by atoms with Gasteiger partial charge < -0.3 is 14.9 Å². The van der Waals surface area contributed by atoms with Crippen LogP contribution in [-0.2, 0) is 21.4 Å². The number of carbonyl (C=O) groups excluding carboxylic acids is 1. The molecule has 2 aromatic rings. The second-order valence-electron chi connectivity index (χ2n) is 7.99. The van der Waals surface area contributed by atoms with Crippen LogP contribution in [0.2, 0.25) is 0 Å². The summed E-state index contributed by atoms with van der Waals surface area (Å²) in [5.41, 5.74) is 2.74. The highest BCUT2D eigenvalue weighted by atomic mass is 16.4. The second kappa shape index (κ2) is 7.40. The number of fused-ring (bicyclic) bond motifs is 2. The van der Waals surface area contributed by atoms with Gasteiger partial charge in [-0.3, -0.25) is 9.59 Å². The average molecular weight is 378 g/mol. The Balaban J connectivity index is 1.45. The Labute approximate surface area is 165 Å². The molecule has 1 N–H and O–H groups in total. The maximum atomic E-state index is 13.0. The van der Waals surface area contributed by atoms with E-state index in [1.807, 2.05) is 55.6 Å². The van der Waals surface area contributed by atoms with Gasteiger partial charge >= 0.3 is 5.97 Å². The SMILES string of the molecule is CN1C(=O)C2(CCN(CC(Cc3ccccc3)C(=O)O)CC2)c2ccccc21. The number of carbonyl (C=O) groups is 2. The van der Waals surface area contributed by atoms with Gasteiger partial charge in [-0.2, -0.15) is 0 Å². The molecule has 0 aliphatic carbocycles. The van der Waals surface area contributed by atoms with E-state index in [1.54, 1.807) is 4.90 Å². The lowest BCUT2D eigenvalue weighted by atomic mass is 9.73. The number of rotatable bonds is 5. The van der Waals surface area contributed by atoms with Crippen molar-refractivity contribution < 1.29 is 14.7 Å². The van der Waals surface area contributed by atoms with Crippen LogP contribution in [0.1, 0.15) is 24.0 Å². The summed E-state index contributed by atoms with van der Waals surface area (Å²) in [5, 5.41) is 9.69. The molecule has 2 heterocycles. The third-order valence-electron chi connectivity index (χ3n) is 6.36. The molecule has 1 saturated heterocycles. The normalized spacial score (nSPS) is 19.6. The summed E-state index contributed by atoms with van der Waals surface area (Å²) in [6.45, 7) is 2.00. The molecule has 0 aromatic heterocycles. The first-order valence-electron chi connectivity index (χ1n) is 9.88. The van der Waals surface area contributed by atoms with Crippen molar-refractivity contribution in [1.29, 1.82) is 0 Å². The Hall–Kier alpha value is -2.66. The second-order valence-corrected chi connectivity index (χ2v) is 7.99. The van der Waals surface area contributed by atoms with Crippen molar-refractivity contribution in [3.8, 4) is 0 Å². The molecule has 0 radical (unpaired) electrons. The van der Waals surface area contributed by atoms with Crippen molar-refractivity contribution in [3.05, 3.63) is 65.7 Å². The topological polar surface area (TPSA) is 60.9 Å². The van der Waals surface area contributed by atoms with Crippen molar-refractivity contribution >= 4 is 17.6 Å². The van der Waals surface area contributed by atoms with Gasteiger partial charge in [0.05, 0.1) is 11.3 Å². The molecule has 2 aromatic carbocycles. The summed E-state index contributed by atoms with van der Waals surface area (Å²) in [5.74, 6) is -1.02. The fourth-order valence-electron chi connectivity index (χ4n) is 4.76. The van der Waals surface area contributed by atoms with Crippen molar-refractivity contribution in [2.75, 3.05) is 31.6 Å². The Morgan fingerprint density at radius 3 is 2.39 bits per heavy atom. The molecule has 0 saturated carbocycles. The number of carboxylic acids is 1. The molecule has 4 rings (SSSR count). The number of nitrogens with zero attached hydrogens (tertiary/aromatic N) is 2. The molecular formula is C23H26N2O3. The zero-order valence-corrected chi connectivity index (χ0v) is 16.2. The van der Waals surface area contributed by atoms with Crippen molar-refractivity contribution in [3.63, 3.8) is 0 Å². The molecule has 1 atom stereocenters. The van der Waals surface area contributed by atoms with Crippen LogP contribution >= 0.6 is 0 Å². The molecule has 5 heteroatoms. The van der Waals surface area contributed by atoms with Crippen LogP contribution in [0.4, 0.5) is 5.69 Å². The van der Waals surface area contributed by atoms with Gasteiger partial charge in [0.15, 0.2) is 0 Å². The van der Waals surface area contributed by atoms with E-state index in [9.17, 15) is 14.7 Å². The fourth-order valence-corrected chi connectivity index (χ4v) is 4.76. The van der Waals surface area contributed by atoms with Crippen LogP contribution in [0, 0.1) is 5.92 Å². The number of piperidine rings is 1. The average Bonchev–Trinajstić information content (AvgIpc) is 2.92. The maximum Gasteiger partial charge on any atom is 0.308 e. The van der Waals surface area contributed by atoms with Gasteiger partial charge in [-0.25, -0.2) is 0 Å². The number of hydrogen-bond acceptors (Lipinski definition) is 3. The lowest BCUT2D eigenvalue weighted by Gasteiger charge is -2.39. The third-order valence-corrected chi connectivity index (χ3v) is 6.36. The minimum absolute atomic E-state index is 0.174. The number of hydrogen-bond donors (Lipinski definition) is 1. The monoisotopic (exact) mass is 378 g/mol. The van der Waals surface area contributed by atoms with Crippen molar-refractivity contribution in [1.82, 2.24) is 4.90 Å². The number of amides is 1. The smallest absolute Gasteiger partial charge is 0.308 e. The van der Waals surface area contributed by atoms with Gasteiger partial charge in [0, 0.05) is 19.3 Å². The molecule has 2 aliphatic rings. The number of para-hydroxylation sites is 1. The minimum Gasteiger partial charge on any atom is -0.481 e. The van der Waals surface area contributed by atoms with E-state index in [-0.39, 0.29) is 5.91 Å². The molecule has 1 spiro atoms. The van der Waals surface area contributed by atoms with Crippen LogP contribution in [0.3, 0.4) is 0 Å². The van der Waals surface area contributed by atoms with Crippen LogP contribution in [0.15, 0.2) is 54.6 Å². The highest BCUT2D eigenvalue weighted by Gasteiger charge is 2.50. The van der Waals surface area contributed by atoms with Gasteiger partial charge in [-0.05, 0) is 49.5 Å². The van der Waals surface area contributed by atoms with Crippen molar-refractivity contribution in [2.45, 2.75) is 24.7 Å². The number of benzene rings is 2. The Bertz CT molecular complexity index is 872. The number of likely N-dealkylation sites (N-methyl/N-ethyl adjacent to an activating group) is 1. The van der Waals surface area contributed by atoms with E-state index in [4.69, 9.17) is 0 Å². The number of carboxylic acid groups (broad SMARTS) is 1. The van der Waals surface area contributed by atoms with E-state index < -0.39 is 17.3 Å². The minimum atomic E-state index is -0.758. The van der Waals surface area contributed by atoms with Crippen molar-refractivity contribution in [2.24, 2.45) is 5.92 Å². The first-order chi connectivity index (χ1) is 13.5. The molecule has 1 amide bonds. The van der Waals surface area contributed by atoms with Crippen LogP contribution in [-0.4, -0.2) is 48.6 Å². The lowest BCUT2D eigenvalue weighted by molar-refractivity contribution is -0.142. The summed E-state index contributed by atoms with van der Waals surface area (Å²) in [6.07, 6.45) is 2.01. The Morgan fingerprint density at radius 2 is 1.71 bits per heavy atom. The number of likely N-dealkylation sites (tertiary alicyclic amines) is 1. The van der Waals surface area contributed by atoms with Crippen LogP contribution in [0.5, 0.6) is 0 Å². The zero-order valence-electron chi connectivity index (χ0n) is 16.2. The van der Waals surface area contributed by atoms with Crippen LogP contribution < -0.4 is 4.90 Å². The fraction of sp³-hybridized carbons (Fsp3) is 0.391. The van der Waals surface area contributed by atoms with E-state index in [2.05, 4.69) is 11.0 Å². The maximum absolute atomic E-state index is 13.0. The summed E-state index contributed by atoms with van der Waals surface area (Å²) in [6, 6.07) is 17.8. The first kappa shape index (κ1) is 18.7. The molecule has 146 valence electrons. The quantitative estimate of drug-likeness (QED) is 0.869. The largest absolute Gasteiger partial charge is 0.481 e. The number of aliphatic carboxylic acids is 1.